The van der Waals surface area contributed by atoms with E-state index < -0.39 is 5.60 Å². The number of aliphatic hydroxyl groups is 1. The number of hydrogen-bond acceptors (Lipinski definition) is 5. The Morgan fingerprint density at radius 2 is 0.962 bits per heavy atom. The average Bonchev–Trinajstić information content (AvgIpc) is 2.75. The molecule has 4 aromatic rings. The molecular formula is C21H16N4O. The van der Waals surface area contributed by atoms with Crippen molar-refractivity contribution in [3.63, 3.8) is 0 Å². The molecule has 0 atom stereocenters. The fourth-order valence-corrected chi connectivity index (χ4v) is 2.86. The summed E-state index contributed by atoms with van der Waals surface area (Å²) in [5.74, 6) is 0.549. The molecule has 126 valence electrons. The van der Waals surface area contributed by atoms with Crippen molar-refractivity contribution in [1.29, 1.82) is 0 Å². The molecule has 0 unspecified atom stereocenters. The minimum atomic E-state index is -1.53. The van der Waals surface area contributed by atoms with Gasteiger partial charge in [-0.15, -0.1) is 20.4 Å². The van der Waals surface area contributed by atoms with Crippen LogP contribution in [0.15, 0.2) is 91.0 Å². The molecule has 5 heteroatoms. The third kappa shape index (κ3) is 2.85. The second-order valence-electron chi connectivity index (χ2n) is 5.86. The lowest BCUT2D eigenvalue weighted by Gasteiger charge is -2.26. The van der Waals surface area contributed by atoms with Gasteiger partial charge < -0.3 is 5.11 Å². The van der Waals surface area contributed by atoms with E-state index in [-0.39, 0.29) is 5.82 Å². The molecule has 1 heterocycles. The molecule has 3 aromatic carbocycles. The highest BCUT2D eigenvalue weighted by atomic mass is 16.3. The predicted octanol–water partition coefficient (Wildman–Crippen LogP) is 3.22. The van der Waals surface area contributed by atoms with Gasteiger partial charge in [0.2, 0.25) is 11.6 Å². The molecule has 4 rings (SSSR count). The summed E-state index contributed by atoms with van der Waals surface area (Å²) in [5.41, 5.74) is 0.601. The van der Waals surface area contributed by atoms with Crippen LogP contribution in [0.25, 0.3) is 11.4 Å². The first-order valence-corrected chi connectivity index (χ1v) is 8.25. The monoisotopic (exact) mass is 340 g/mol. The van der Waals surface area contributed by atoms with Gasteiger partial charge in [-0.05, 0) is 11.1 Å². The maximum Gasteiger partial charge on any atom is 0.214 e. The molecule has 0 radical (unpaired) electrons. The highest BCUT2D eigenvalue weighted by molar-refractivity contribution is 5.53. The van der Waals surface area contributed by atoms with Crippen molar-refractivity contribution in [2.45, 2.75) is 5.60 Å². The second-order valence-corrected chi connectivity index (χ2v) is 5.86. The number of nitrogens with zero attached hydrogens (tertiary/aromatic N) is 4. The lowest BCUT2D eigenvalue weighted by atomic mass is 9.86. The van der Waals surface area contributed by atoms with Gasteiger partial charge in [0.1, 0.15) is 0 Å². The quantitative estimate of drug-likeness (QED) is 0.617. The summed E-state index contributed by atoms with van der Waals surface area (Å²) in [5, 5.41) is 28.4. The van der Waals surface area contributed by atoms with Crippen LogP contribution < -0.4 is 0 Å². The van der Waals surface area contributed by atoms with Gasteiger partial charge in [-0.25, -0.2) is 0 Å². The Labute approximate surface area is 151 Å². The van der Waals surface area contributed by atoms with Gasteiger partial charge >= 0.3 is 0 Å². The van der Waals surface area contributed by atoms with E-state index in [1.807, 2.05) is 91.0 Å². The van der Waals surface area contributed by atoms with Crippen molar-refractivity contribution < 1.29 is 5.11 Å². The molecule has 0 aliphatic rings. The Kier molecular flexibility index (Phi) is 4.21. The van der Waals surface area contributed by atoms with Gasteiger partial charge in [-0.1, -0.05) is 91.0 Å². The zero-order valence-electron chi connectivity index (χ0n) is 13.9. The van der Waals surface area contributed by atoms with Crippen LogP contribution in [0.2, 0.25) is 0 Å². The number of benzene rings is 3. The Morgan fingerprint density at radius 1 is 0.538 bits per heavy atom. The van der Waals surface area contributed by atoms with Crippen molar-refractivity contribution in [2.24, 2.45) is 0 Å². The number of rotatable bonds is 4. The third-order valence-corrected chi connectivity index (χ3v) is 4.22. The lowest BCUT2D eigenvalue weighted by molar-refractivity contribution is 0.113. The van der Waals surface area contributed by atoms with Crippen LogP contribution in [0.4, 0.5) is 0 Å². The van der Waals surface area contributed by atoms with E-state index in [4.69, 9.17) is 0 Å². The van der Waals surface area contributed by atoms with Gasteiger partial charge in [-0.3, -0.25) is 0 Å². The summed E-state index contributed by atoms with van der Waals surface area (Å²) in [4.78, 5) is 0. The SMILES string of the molecule is OC(c1ccccc1)(c1ccccc1)c1nnc(-c2ccccc2)nn1. The largest absolute Gasteiger partial charge is 0.373 e. The van der Waals surface area contributed by atoms with Crippen molar-refractivity contribution in [3.05, 3.63) is 108 Å². The molecule has 0 fully saturated rings. The molecule has 0 saturated heterocycles. The standard InChI is InChI=1S/C21H16N4O/c26-21(17-12-6-2-7-13-17,18-14-8-3-9-15-18)20-24-22-19(23-25-20)16-10-4-1-5-11-16/h1-15,26H. The third-order valence-electron chi connectivity index (χ3n) is 4.22. The van der Waals surface area contributed by atoms with E-state index in [9.17, 15) is 5.11 Å². The number of hydrogen-bond donors (Lipinski definition) is 1. The van der Waals surface area contributed by atoms with Gasteiger partial charge in [-0.2, -0.15) is 0 Å². The highest BCUT2D eigenvalue weighted by Gasteiger charge is 2.37. The summed E-state index contributed by atoms with van der Waals surface area (Å²) in [6.45, 7) is 0. The average molecular weight is 340 g/mol. The molecule has 5 nitrogen and oxygen atoms in total. The molecule has 26 heavy (non-hydrogen) atoms. The van der Waals surface area contributed by atoms with E-state index in [1.54, 1.807) is 0 Å². The summed E-state index contributed by atoms with van der Waals surface area (Å²) in [6.07, 6.45) is 0. The van der Waals surface area contributed by atoms with Crippen molar-refractivity contribution in [3.8, 4) is 11.4 Å². The zero-order chi connectivity index (χ0) is 17.8. The van der Waals surface area contributed by atoms with E-state index >= 15 is 0 Å². The van der Waals surface area contributed by atoms with E-state index in [0.29, 0.717) is 17.0 Å². The Balaban J connectivity index is 1.83. The van der Waals surface area contributed by atoms with Crippen LogP contribution in [-0.4, -0.2) is 25.5 Å². The molecule has 1 N–H and O–H groups in total. The highest BCUT2D eigenvalue weighted by Crippen LogP contribution is 2.33. The Bertz CT molecular complexity index is 935. The summed E-state index contributed by atoms with van der Waals surface area (Å²) >= 11 is 0. The first-order chi connectivity index (χ1) is 12.8. The van der Waals surface area contributed by atoms with Crippen LogP contribution in [0, 0.1) is 0 Å². The van der Waals surface area contributed by atoms with Crippen LogP contribution in [0.1, 0.15) is 17.0 Å². The first-order valence-electron chi connectivity index (χ1n) is 8.25. The smallest absolute Gasteiger partial charge is 0.214 e. The zero-order valence-corrected chi connectivity index (χ0v) is 13.9. The Morgan fingerprint density at radius 3 is 1.42 bits per heavy atom. The summed E-state index contributed by atoms with van der Waals surface area (Å²) in [6, 6.07) is 28.1. The van der Waals surface area contributed by atoms with Crippen LogP contribution >= 0.6 is 0 Å². The van der Waals surface area contributed by atoms with Crippen LogP contribution in [0.5, 0.6) is 0 Å². The van der Waals surface area contributed by atoms with E-state index in [1.165, 1.54) is 0 Å². The second kappa shape index (κ2) is 6.82. The van der Waals surface area contributed by atoms with Crippen LogP contribution in [-0.2, 0) is 5.60 Å². The van der Waals surface area contributed by atoms with Gasteiger partial charge in [0.25, 0.3) is 0 Å². The molecule has 0 bridgehead atoms. The topological polar surface area (TPSA) is 71.8 Å². The first kappa shape index (κ1) is 16.1. The minimum absolute atomic E-state index is 0.134. The summed E-state index contributed by atoms with van der Waals surface area (Å²) < 4.78 is 0. The van der Waals surface area contributed by atoms with Gasteiger partial charge in [0.15, 0.2) is 5.60 Å². The molecule has 0 spiro atoms. The number of aromatic nitrogens is 4. The molecule has 1 aromatic heterocycles. The molecule has 0 aliphatic heterocycles. The molecule has 0 aliphatic carbocycles. The van der Waals surface area contributed by atoms with E-state index in [0.717, 1.165) is 5.56 Å². The normalized spacial score (nSPS) is 11.3. The minimum Gasteiger partial charge on any atom is -0.373 e. The van der Waals surface area contributed by atoms with Crippen LogP contribution in [0.3, 0.4) is 0 Å². The molecule has 0 amide bonds. The Hall–Kier alpha value is -3.44. The van der Waals surface area contributed by atoms with Crippen molar-refractivity contribution in [1.82, 2.24) is 20.4 Å². The molecular weight excluding hydrogens is 324 g/mol. The van der Waals surface area contributed by atoms with Crippen molar-refractivity contribution in [2.75, 3.05) is 0 Å². The predicted molar refractivity (Wildman–Crippen MR) is 98.0 cm³/mol. The lowest BCUT2D eigenvalue weighted by Crippen LogP contribution is -2.32. The van der Waals surface area contributed by atoms with Gasteiger partial charge in [0, 0.05) is 5.56 Å². The maximum absolute atomic E-state index is 11.6. The fraction of sp³-hybridized carbons (Fsp3) is 0.0476. The molecule has 0 saturated carbocycles. The van der Waals surface area contributed by atoms with Gasteiger partial charge in [0.05, 0.1) is 0 Å². The summed E-state index contributed by atoms with van der Waals surface area (Å²) in [7, 11) is 0. The maximum atomic E-state index is 11.6. The fourth-order valence-electron chi connectivity index (χ4n) is 2.86. The van der Waals surface area contributed by atoms with Crippen molar-refractivity contribution >= 4 is 0 Å². The van der Waals surface area contributed by atoms with E-state index in [2.05, 4.69) is 20.4 Å².